The van der Waals surface area contributed by atoms with E-state index < -0.39 is 0 Å². The lowest BCUT2D eigenvalue weighted by Crippen LogP contribution is -2.18. The van der Waals surface area contributed by atoms with Gasteiger partial charge in [-0.1, -0.05) is 6.07 Å². The Balaban J connectivity index is 2.74. The lowest BCUT2D eigenvalue weighted by molar-refractivity contribution is 1.11. The van der Waals surface area contributed by atoms with Crippen LogP contribution in [0.3, 0.4) is 0 Å². The van der Waals surface area contributed by atoms with E-state index in [0.717, 1.165) is 0 Å². The molecule has 0 saturated heterocycles. The number of hydrogen-bond donors (Lipinski definition) is 2. The molecule has 4 N–H and O–H groups in total. The summed E-state index contributed by atoms with van der Waals surface area (Å²) >= 11 is 1.68. The SMILES string of the molecule is NBc1ccc(CN)s1. The fourth-order valence-corrected chi connectivity index (χ4v) is 1.42. The summed E-state index contributed by atoms with van der Waals surface area (Å²) in [5, 5.41) is 0. The van der Waals surface area contributed by atoms with Gasteiger partial charge in [0.2, 0.25) is 7.41 Å². The van der Waals surface area contributed by atoms with Crippen molar-refractivity contribution < 1.29 is 0 Å². The first kappa shape index (κ1) is 6.80. The zero-order valence-corrected chi connectivity index (χ0v) is 5.95. The summed E-state index contributed by atoms with van der Waals surface area (Å²) in [5.74, 6) is 0. The second-order valence-electron chi connectivity index (χ2n) is 1.78. The van der Waals surface area contributed by atoms with E-state index in [0.29, 0.717) is 14.0 Å². The van der Waals surface area contributed by atoms with Crippen molar-refractivity contribution in [1.82, 2.24) is 0 Å². The Kier molecular flexibility index (Phi) is 2.27. The molecule has 0 saturated carbocycles. The fraction of sp³-hybridized carbons (Fsp3) is 0.200. The average molecular weight is 140 g/mol. The number of hydrogen-bond acceptors (Lipinski definition) is 3. The summed E-state index contributed by atoms with van der Waals surface area (Å²) in [6.45, 7) is 0.630. The normalized spacial score (nSPS) is 9.56. The van der Waals surface area contributed by atoms with Crippen LogP contribution in [0.1, 0.15) is 4.88 Å². The van der Waals surface area contributed by atoms with Crippen LogP contribution in [0.25, 0.3) is 0 Å². The largest absolute Gasteiger partial charge is 0.368 e. The molecule has 0 amide bonds. The minimum atomic E-state index is 0.630. The number of rotatable bonds is 2. The lowest BCUT2D eigenvalue weighted by atomic mass is 9.95. The second kappa shape index (κ2) is 3.01. The number of thiophene rings is 1. The van der Waals surface area contributed by atoms with Crippen LogP contribution in [0.15, 0.2) is 12.1 Å². The highest BCUT2D eigenvalue weighted by Crippen LogP contribution is 2.02. The fourth-order valence-electron chi connectivity index (χ4n) is 0.642. The first-order valence-corrected chi connectivity index (χ1v) is 3.66. The molecule has 0 atom stereocenters. The molecule has 0 aliphatic heterocycles. The zero-order valence-electron chi connectivity index (χ0n) is 5.13. The molecule has 0 radical (unpaired) electrons. The van der Waals surface area contributed by atoms with E-state index >= 15 is 0 Å². The summed E-state index contributed by atoms with van der Waals surface area (Å²) < 4.78 is 1.20. The summed E-state index contributed by atoms with van der Waals surface area (Å²) in [6, 6.07) is 4.04. The van der Waals surface area contributed by atoms with E-state index in [4.69, 9.17) is 11.4 Å². The molecule has 1 heterocycles. The monoisotopic (exact) mass is 140 g/mol. The molecular formula is C5H9BN2S. The maximum atomic E-state index is 5.39. The molecule has 0 spiro atoms. The van der Waals surface area contributed by atoms with Gasteiger partial charge in [-0.25, -0.2) is 0 Å². The van der Waals surface area contributed by atoms with Crippen molar-refractivity contribution in [2.75, 3.05) is 0 Å². The minimum Gasteiger partial charge on any atom is -0.368 e. The maximum Gasteiger partial charge on any atom is 0.245 e. The second-order valence-corrected chi connectivity index (χ2v) is 3.03. The van der Waals surface area contributed by atoms with Gasteiger partial charge in [-0.15, -0.1) is 0 Å². The van der Waals surface area contributed by atoms with Gasteiger partial charge in [0, 0.05) is 11.4 Å². The van der Waals surface area contributed by atoms with Crippen LogP contribution in [0.2, 0.25) is 0 Å². The van der Waals surface area contributed by atoms with Gasteiger partial charge < -0.3 is 11.4 Å². The lowest BCUT2D eigenvalue weighted by Gasteiger charge is -1.83. The van der Waals surface area contributed by atoms with Crippen molar-refractivity contribution in [3.8, 4) is 0 Å². The summed E-state index contributed by atoms with van der Waals surface area (Å²) in [4.78, 5) is 1.20. The number of nitrogens with two attached hydrogens (primary N) is 2. The Morgan fingerprint density at radius 2 is 2.33 bits per heavy atom. The van der Waals surface area contributed by atoms with Gasteiger partial charge in [0.05, 0.1) is 0 Å². The molecule has 1 aromatic heterocycles. The third-order valence-electron chi connectivity index (χ3n) is 1.12. The van der Waals surface area contributed by atoms with Crippen molar-refractivity contribution in [2.45, 2.75) is 6.54 Å². The first-order chi connectivity index (χ1) is 4.36. The predicted molar refractivity (Wildman–Crippen MR) is 43.2 cm³/mol. The van der Waals surface area contributed by atoms with Crippen molar-refractivity contribution in [3.05, 3.63) is 17.0 Å². The Labute approximate surface area is 59.1 Å². The zero-order chi connectivity index (χ0) is 6.69. The Morgan fingerprint density at radius 1 is 1.56 bits per heavy atom. The molecule has 0 aliphatic rings. The smallest absolute Gasteiger partial charge is 0.245 e. The quantitative estimate of drug-likeness (QED) is 0.525. The van der Waals surface area contributed by atoms with E-state index in [2.05, 4.69) is 0 Å². The van der Waals surface area contributed by atoms with Gasteiger partial charge in [0.25, 0.3) is 0 Å². The van der Waals surface area contributed by atoms with Crippen LogP contribution in [-0.4, -0.2) is 7.41 Å². The standard InChI is InChI=1S/C5H9BN2S/c7-3-4-1-2-5(6-8)9-4/h1-2,6H,3,7-8H2. The van der Waals surface area contributed by atoms with Gasteiger partial charge in [0.15, 0.2) is 0 Å². The molecule has 1 aromatic rings. The molecule has 0 bridgehead atoms. The van der Waals surface area contributed by atoms with Gasteiger partial charge in [-0.3, -0.25) is 0 Å². The van der Waals surface area contributed by atoms with E-state index in [1.165, 1.54) is 9.65 Å². The van der Waals surface area contributed by atoms with Gasteiger partial charge in [0.1, 0.15) is 0 Å². The molecule has 48 valence electrons. The molecule has 4 heteroatoms. The third kappa shape index (κ3) is 1.54. The Morgan fingerprint density at radius 3 is 2.67 bits per heavy atom. The highest BCUT2D eigenvalue weighted by Gasteiger charge is 1.95. The van der Waals surface area contributed by atoms with Crippen molar-refractivity contribution in [2.24, 2.45) is 11.4 Å². The van der Waals surface area contributed by atoms with Gasteiger partial charge in [-0.2, -0.15) is 11.3 Å². The van der Waals surface area contributed by atoms with Crippen LogP contribution < -0.4 is 16.2 Å². The Bertz CT molecular complexity index is 168. The third-order valence-corrected chi connectivity index (χ3v) is 2.25. The summed E-state index contributed by atoms with van der Waals surface area (Å²) in [6.07, 6.45) is 0. The Hall–Kier alpha value is -0.315. The van der Waals surface area contributed by atoms with Crippen LogP contribution in [0.4, 0.5) is 0 Å². The maximum absolute atomic E-state index is 5.39. The molecule has 0 fully saturated rings. The molecule has 9 heavy (non-hydrogen) atoms. The van der Waals surface area contributed by atoms with E-state index in [1.54, 1.807) is 11.3 Å². The van der Waals surface area contributed by atoms with Crippen LogP contribution >= 0.6 is 11.3 Å². The van der Waals surface area contributed by atoms with E-state index in [-0.39, 0.29) is 0 Å². The van der Waals surface area contributed by atoms with E-state index in [1.807, 2.05) is 12.1 Å². The van der Waals surface area contributed by atoms with Crippen molar-refractivity contribution >= 4 is 23.5 Å². The molecule has 1 rings (SSSR count). The van der Waals surface area contributed by atoms with Crippen molar-refractivity contribution in [3.63, 3.8) is 0 Å². The summed E-state index contributed by atoms with van der Waals surface area (Å²) in [7, 11) is 0.630. The predicted octanol–water partition coefficient (Wildman–Crippen LogP) is -0.858. The van der Waals surface area contributed by atoms with Crippen LogP contribution in [0.5, 0.6) is 0 Å². The van der Waals surface area contributed by atoms with Crippen LogP contribution in [-0.2, 0) is 6.54 Å². The molecule has 0 unspecified atom stereocenters. The highest BCUT2D eigenvalue weighted by molar-refractivity contribution is 7.21. The molecule has 2 nitrogen and oxygen atoms in total. The highest BCUT2D eigenvalue weighted by atomic mass is 32.1. The average Bonchev–Trinajstić information content (AvgIpc) is 2.34. The van der Waals surface area contributed by atoms with E-state index in [9.17, 15) is 0 Å². The molecule has 0 aliphatic carbocycles. The minimum absolute atomic E-state index is 0.630. The molecule has 0 aromatic carbocycles. The topological polar surface area (TPSA) is 52.0 Å². The van der Waals surface area contributed by atoms with Gasteiger partial charge in [-0.05, 0) is 10.8 Å². The summed E-state index contributed by atoms with van der Waals surface area (Å²) in [5.41, 5.74) is 10.8. The van der Waals surface area contributed by atoms with Crippen molar-refractivity contribution in [1.29, 1.82) is 0 Å². The first-order valence-electron chi connectivity index (χ1n) is 2.84. The van der Waals surface area contributed by atoms with Gasteiger partial charge >= 0.3 is 0 Å². The molecular weight excluding hydrogens is 131 g/mol. The van der Waals surface area contributed by atoms with Crippen LogP contribution in [0, 0.1) is 0 Å².